The van der Waals surface area contributed by atoms with Crippen LogP contribution in [-0.2, 0) is 0 Å². The van der Waals surface area contributed by atoms with E-state index >= 15 is 0 Å². The number of anilines is 6. The number of rotatable bonds is 5. The maximum atomic E-state index is 13.5. The lowest BCUT2D eigenvalue weighted by Crippen LogP contribution is -2.48. The third-order valence-corrected chi connectivity index (χ3v) is 11.4. The van der Waals surface area contributed by atoms with Gasteiger partial charge in [0.2, 0.25) is 0 Å². The number of fused-ring (bicyclic) bond motifs is 8. The van der Waals surface area contributed by atoms with Crippen LogP contribution in [0.15, 0.2) is 121 Å². The second kappa shape index (κ2) is 15.8. The Bertz CT molecular complexity index is 2750. The van der Waals surface area contributed by atoms with Gasteiger partial charge in [-0.15, -0.1) is 0 Å². The smallest absolute Gasteiger partial charge is 0.329 e. The average Bonchev–Trinajstić information content (AvgIpc) is 4.07. The number of aryl methyl sites for hydroxylation is 2. The fourth-order valence-electron chi connectivity index (χ4n) is 8.47. The summed E-state index contributed by atoms with van der Waals surface area (Å²) in [6.07, 6.45) is 13.3. The molecule has 7 aromatic heterocycles. The van der Waals surface area contributed by atoms with Gasteiger partial charge in [0.25, 0.3) is 0 Å². The molecule has 2 fully saturated rings. The highest BCUT2D eigenvalue weighted by Crippen LogP contribution is 2.42. The second-order valence-electron chi connectivity index (χ2n) is 15.4. The normalized spacial score (nSPS) is 17.0. The molecule has 11 heterocycles. The highest BCUT2D eigenvalue weighted by atomic mass is 16.3. The quantitative estimate of drug-likeness (QED) is 0.174. The van der Waals surface area contributed by atoms with Gasteiger partial charge in [-0.1, -0.05) is 0 Å². The molecule has 0 unspecified atom stereocenters. The zero-order valence-corrected chi connectivity index (χ0v) is 33.5. The van der Waals surface area contributed by atoms with Crippen molar-refractivity contribution < 1.29 is 14.0 Å². The van der Waals surface area contributed by atoms with Gasteiger partial charge in [-0.2, -0.15) is 0 Å². The summed E-state index contributed by atoms with van der Waals surface area (Å²) in [7, 11) is 0. The van der Waals surface area contributed by atoms with Gasteiger partial charge in [-0.05, 0) is 99.5 Å². The molecule has 2 N–H and O–H groups in total. The van der Waals surface area contributed by atoms with E-state index in [9.17, 15) is 9.59 Å². The molecular formula is C45H41N13O3. The summed E-state index contributed by atoms with van der Waals surface area (Å²) in [6.45, 7) is 7.37. The minimum absolute atomic E-state index is 0.0527. The molecule has 4 bridgehead atoms. The number of amides is 4. The highest BCUT2D eigenvalue weighted by Gasteiger charge is 2.42. The van der Waals surface area contributed by atoms with Gasteiger partial charge in [0.1, 0.15) is 5.82 Å². The lowest BCUT2D eigenvalue weighted by atomic mass is 10.1. The number of nitrogens with one attached hydrogen (secondary N) is 2. The zero-order chi connectivity index (χ0) is 41.5. The molecule has 61 heavy (non-hydrogen) atoms. The van der Waals surface area contributed by atoms with Crippen LogP contribution in [0.2, 0.25) is 0 Å². The summed E-state index contributed by atoms with van der Waals surface area (Å²) >= 11 is 0. The van der Waals surface area contributed by atoms with Crippen molar-refractivity contribution in [3.8, 4) is 33.8 Å². The van der Waals surface area contributed by atoms with Gasteiger partial charge >= 0.3 is 12.1 Å². The third-order valence-electron chi connectivity index (χ3n) is 11.4. The van der Waals surface area contributed by atoms with E-state index < -0.39 is 0 Å². The van der Waals surface area contributed by atoms with Crippen LogP contribution in [0.5, 0.6) is 0 Å². The zero-order valence-electron chi connectivity index (χ0n) is 33.5. The molecule has 7 aromatic rings. The van der Waals surface area contributed by atoms with Crippen LogP contribution in [-0.4, -0.2) is 85.2 Å². The first-order valence-corrected chi connectivity index (χ1v) is 20.2. The van der Waals surface area contributed by atoms with E-state index in [1.54, 1.807) is 54.2 Å². The predicted octanol–water partition coefficient (Wildman–Crippen LogP) is 7.61. The van der Waals surface area contributed by atoms with Gasteiger partial charge in [-0.25, -0.2) is 29.5 Å². The Hall–Kier alpha value is -7.75. The van der Waals surface area contributed by atoms with Crippen LogP contribution >= 0.6 is 0 Å². The summed E-state index contributed by atoms with van der Waals surface area (Å²) in [5.74, 6) is 2.43. The Kier molecular flexibility index (Phi) is 9.71. The number of urea groups is 2. The van der Waals surface area contributed by atoms with Crippen molar-refractivity contribution in [3.63, 3.8) is 0 Å². The average molecular weight is 812 g/mol. The van der Waals surface area contributed by atoms with Crippen LogP contribution in [0.4, 0.5) is 44.1 Å². The minimum Gasteiger partial charge on any atom is -0.444 e. The number of nitrogens with zero attached hydrogens (tertiary/aromatic N) is 11. The number of hydrogen-bond donors (Lipinski definition) is 2. The first kappa shape index (κ1) is 37.5. The fourth-order valence-corrected chi connectivity index (χ4v) is 8.47. The molecule has 0 aliphatic carbocycles. The van der Waals surface area contributed by atoms with Crippen LogP contribution in [0.1, 0.15) is 24.2 Å². The van der Waals surface area contributed by atoms with Crippen molar-refractivity contribution in [2.24, 2.45) is 0 Å². The van der Waals surface area contributed by atoms with Crippen LogP contribution in [0, 0.1) is 13.8 Å². The first-order valence-electron chi connectivity index (χ1n) is 20.2. The molecule has 16 heteroatoms. The SMILES string of the molecule is Cc1cc(-c2ccc3c(n2)N(C(=O)Nc2cc(-c4cnco4)ccn2)[C@H]2CCN3C2)ccn1.Cc1cc(-c2ccc3c(n2)N(C(=O)Nc2cccnc2)[C@H]2CCN3C2)ccn1. The molecule has 4 aliphatic rings. The molecule has 4 amide bonds. The Balaban J connectivity index is 0.000000148. The summed E-state index contributed by atoms with van der Waals surface area (Å²) in [4.78, 5) is 65.5. The fraction of sp³-hybridized carbons (Fsp3) is 0.222. The van der Waals surface area contributed by atoms with Gasteiger partial charge in [-0.3, -0.25) is 30.1 Å². The molecule has 11 rings (SSSR count). The number of pyridine rings is 6. The molecular weight excluding hydrogens is 771 g/mol. The monoisotopic (exact) mass is 811 g/mol. The van der Waals surface area contributed by atoms with E-state index in [2.05, 4.69) is 57.5 Å². The van der Waals surface area contributed by atoms with Crippen molar-refractivity contribution in [2.45, 2.75) is 38.8 Å². The van der Waals surface area contributed by atoms with E-state index in [1.807, 2.05) is 67.3 Å². The largest absolute Gasteiger partial charge is 0.444 e. The van der Waals surface area contributed by atoms with E-state index in [0.29, 0.717) is 28.9 Å². The Morgan fingerprint density at radius 2 is 1.23 bits per heavy atom. The molecule has 304 valence electrons. The topological polar surface area (TPSA) is 175 Å². The molecule has 2 saturated heterocycles. The van der Waals surface area contributed by atoms with Gasteiger partial charge in [0, 0.05) is 79.0 Å². The second-order valence-corrected chi connectivity index (χ2v) is 15.4. The maximum absolute atomic E-state index is 13.5. The minimum atomic E-state index is -0.249. The van der Waals surface area contributed by atoms with Crippen LogP contribution in [0.25, 0.3) is 33.8 Å². The number of carbonyl (C=O) groups excluding carboxylic acids is 2. The Morgan fingerprint density at radius 3 is 1.79 bits per heavy atom. The highest BCUT2D eigenvalue weighted by molar-refractivity contribution is 6.05. The molecule has 0 aromatic carbocycles. The van der Waals surface area contributed by atoms with Crippen molar-refractivity contribution in [1.29, 1.82) is 0 Å². The first-order chi connectivity index (χ1) is 29.8. The van der Waals surface area contributed by atoms with E-state index in [-0.39, 0.29) is 24.1 Å². The molecule has 0 saturated carbocycles. The van der Waals surface area contributed by atoms with Crippen molar-refractivity contribution in [2.75, 3.05) is 56.4 Å². The summed E-state index contributed by atoms with van der Waals surface area (Å²) in [5, 5.41) is 5.91. The van der Waals surface area contributed by atoms with Crippen LogP contribution < -0.4 is 30.2 Å². The maximum Gasteiger partial charge on any atom is 0.329 e. The Morgan fingerprint density at radius 1 is 0.639 bits per heavy atom. The third kappa shape index (κ3) is 7.43. The number of hydrogen-bond acceptors (Lipinski definition) is 12. The van der Waals surface area contributed by atoms with Crippen molar-refractivity contribution in [3.05, 3.63) is 128 Å². The van der Waals surface area contributed by atoms with Gasteiger partial charge in [0.15, 0.2) is 23.8 Å². The van der Waals surface area contributed by atoms with Crippen LogP contribution in [0.3, 0.4) is 0 Å². The summed E-state index contributed by atoms with van der Waals surface area (Å²) < 4.78 is 5.36. The molecule has 16 nitrogen and oxygen atoms in total. The number of oxazole rings is 1. The summed E-state index contributed by atoms with van der Waals surface area (Å²) in [6, 6.07) is 23.0. The predicted molar refractivity (Wildman–Crippen MR) is 233 cm³/mol. The molecule has 2 atom stereocenters. The molecule has 4 aliphatic heterocycles. The Labute approximate surface area is 351 Å². The number of carbonyl (C=O) groups is 2. The molecule has 0 spiro atoms. The summed E-state index contributed by atoms with van der Waals surface area (Å²) in [5.41, 5.74) is 8.91. The van der Waals surface area contributed by atoms with Gasteiger partial charge in [0.05, 0.1) is 52.9 Å². The van der Waals surface area contributed by atoms with Gasteiger partial charge < -0.3 is 19.5 Å². The lowest BCUT2D eigenvalue weighted by molar-refractivity contribution is 0.254. The lowest BCUT2D eigenvalue weighted by Gasteiger charge is -2.35. The van der Waals surface area contributed by atoms with Crippen molar-refractivity contribution >= 4 is 46.6 Å². The van der Waals surface area contributed by atoms with E-state index in [1.165, 1.54) is 6.39 Å². The van der Waals surface area contributed by atoms with E-state index in [0.717, 1.165) is 89.9 Å². The standard InChI is InChI=1S/C24H21N7O2.C21H20N6O/c1-15-10-16(4-7-26-15)19-2-3-20-23(28-19)31(18-6-9-30(20)13-18)24(32)29-22-11-17(5-8-27-22)21-12-25-14-33-21;1-14-11-15(6-9-23-14)18-4-5-19-20(25-18)27(17-7-10-26(19)13-17)21(28)24-16-3-2-8-22-12-16/h2-5,7-8,10-12,14,18H,6,9,13H2,1H3,(H,27,29,32);2-6,8-9,11-12,17H,7,10,13H2,1H3,(H,24,28)/t18-;17-/m00/s1. The van der Waals surface area contributed by atoms with Crippen molar-refractivity contribution in [1.82, 2.24) is 34.9 Å². The van der Waals surface area contributed by atoms with E-state index in [4.69, 9.17) is 14.4 Å². The number of aromatic nitrogens is 7. The molecule has 0 radical (unpaired) electrons.